The standard InChI is InChI=1S/C21H24N2O2/c24-21(23-19-14-18(19)15-7-3-1-4-8-15)22-17-11-12-25-20(13-17)16-9-5-2-6-10-16/h1-10,17-20H,11-14H2,(H2,22,23,24). The van der Waals surface area contributed by atoms with Gasteiger partial charge >= 0.3 is 6.03 Å². The Morgan fingerprint density at radius 1 is 0.880 bits per heavy atom. The first-order valence-corrected chi connectivity index (χ1v) is 9.08. The molecule has 1 saturated heterocycles. The highest BCUT2D eigenvalue weighted by molar-refractivity contribution is 5.75. The Morgan fingerprint density at radius 2 is 1.56 bits per heavy atom. The molecule has 0 aromatic heterocycles. The molecule has 0 bridgehead atoms. The number of nitrogens with one attached hydrogen (secondary N) is 2. The minimum absolute atomic E-state index is 0.0536. The molecule has 25 heavy (non-hydrogen) atoms. The van der Waals surface area contributed by atoms with Gasteiger partial charge in [0, 0.05) is 24.6 Å². The van der Waals surface area contributed by atoms with Crippen LogP contribution in [-0.4, -0.2) is 24.7 Å². The van der Waals surface area contributed by atoms with Gasteiger partial charge in [0.15, 0.2) is 0 Å². The number of urea groups is 1. The number of carbonyl (C=O) groups is 1. The summed E-state index contributed by atoms with van der Waals surface area (Å²) in [6.07, 6.45) is 2.78. The molecule has 4 unspecified atom stereocenters. The Bertz CT molecular complexity index is 704. The van der Waals surface area contributed by atoms with Crippen molar-refractivity contribution in [3.05, 3.63) is 71.8 Å². The maximum Gasteiger partial charge on any atom is 0.315 e. The van der Waals surface area contributed by atoms with E-state index in [0.717, 1.165) is 19.3 Å². The maximum atomic E-state index is 12.3. The van der Waals surface area contributed by atoms with Crippen molar-refractivity contribution in [2.75, 3.05) is 6.61 Å². The number of hydrogen-bond acceptors (Lipinski definition) is 2. The minimum atomic E-state index is -0.0536. The molecular formula is C21H24N2O2. The van der Waals surface area contributed by atoms with Crippen LogP contribution in [0.25, 0.3) is 0 Å². The minimum Gasteiger partial charge on any atom is -0.373 e. The summed E-state index contributed by atoms with van der Waals surface area (Å²) in [6.45, 7) is 0.681. The van der Waals surface area contributed by atoms with E-state index in [1.807, 2.05) is 24.3 Å². The first kappa shape index (κ1) is 16.2. The summed E-state index contributed by atoms with van der Waals surface area (Å²) in [4.78, 5) is 12.3. The van der Waals surface area contributed by atoms with Gasteiger partial charge in [0.2, 0.25) is 0 Å². The fourth-order valence-corrected chi connectivity index (χ4v) is 3.65. The third kappa shape index (κ3) is 4.02. The molecule has 2 aliphatic rings. The molecule has 1 aliphatic heterocycles. The molecule has 4 atom stereocenters. The van der Waals surface area contributed by atoms with Crippen molar-refractivity contribution < 1.29 is 9.53 Å². The van der Waals surface area contributed by atoms with Crippen molar-refractivity contribution in [1.29, 1.82) is 0 Å². The van der Waals surface area contributed by atoms with Crippen LogP contribution >= 0.6 is 0 Å². The monoisotopic (exact) mass is 336 g/mol. The lowest BCUT2D eigenvalue weighted by molar-refractivity contribution is 0.00225. The number of amides is 2. The molecule has 0 spiro atoms. The maximum absolute atomic E-state index is 12.3. The second-order valence-corrected chi connectivity index (χ2v) is 6.97. The number of hydrogen-bond donors (Lipinski definition) is 2. The molecule has 2 amide bonds. The Kier molecular flexibility index (Phi) is 4.70. The van der Waals surface area contributed by atoms with Gasteiger partial charge in [0.1, 0.15) is 0 Å². The van der Waals surface area contributed by atoms with E-state index in [-0.39, 0.29) is 24.2 Å². The van der Waals surface area contributed by atoms with E-state index < -0.39 is 0 Å². The van der Waals surface area contributed by atoms with Crippen molar-refractivity contribution in [3.63, 3.8) is 0 Å². The van der Waals surface area contributed by atoms with Gasteiger partial charge < -0.3 is 15.4 Å². The molecule has 2 aromatic rings. The van der Waals surface area contributed by atoms with Gasteiger partial charge in [-0.25, -0.2) is 4.79 Å². The van der Waals surface area contributed by atoms with E-state index in [4.69, 9.17) is 4.74 Å². The first-order valence-electron chi connectivity index (χ1n) is 9.08. The molecule has 1 aliphatic carbocycles. The molecule has 2 fully saturated rings. The lowest BCUT2D eigenvalue weighted by Gasteiger charge is -2.30. The fourth-order valence-electron chi connectivity index (χ4n) is 3.65. The van der Waals surface area contributed by atoms with Gasteiger partial charge in [-0.1, -0.05) is 60.7 Å². The molecule has 4 nitrogen and oxygen atoms in total. The number of rotatable bonds is 4. The van der Waals surface area contributed by atoms with Crippen LogP contribution in [0.2, 0.25) is 0 Å². The van der Waals surface area contributed by atoms with Gasteiger partial charge in [0.25, 0.3) is 0 Å². The largest absolute Gasteiger partial charge is 0.373 e. The Labute approximate surface area is 148 Å². The number of carbonyl (C=O) groups excluding carboxylic acids is 1. The molecule has 1 heterocycles. The molecule has 0 radical (unpaired) electrons. The topological polar surface area (TPSA) is 50.4 Å². The van der Waals surface area contributed by atoms with Crippen molar-refractivity contribution in [1.82, 2.24) is 10.6 Å². The predicted molar refractivity (Wildman–Crippen MR) is 97.4 cm³/mol. The average Bonchev–Trinajstić information content (AvgIpc) is 3.42. The van der Waals surface area contributed by atoms with Crippen LogP contribution in [-0.2, 0) is 4.74 Å². The summed E-state index contributed by atoms with van der Waals surface area (Å²) >= 11 is 0. The second-order valence-electron chi connectivity index (χ2n) is 6.97. The molecule has 1 saturated carbocycles. The average molecular weight is 336 g/mol. The lowest BCUT2D eigenvalue weighted by atomic mass is 9.97. The van der Waals surface area contributed by atoms with Crippen LogP contribution in [0.1, 0.15) is 42.4 Å². The van der Waals surface area contributed by atoms with Crippen molar-refractivity contribution >= 4 is 6.03 Å². The Hall–Kier alpha value is -2.33. The molecular weight excluding hydrogens is 312 g/mol. The quantitative estimate of drug-likeness (QED) is 0.893. The summed E-state index contributed by atoms with van der Waals surface area (Å²) in [6, 6.07) is 21.0. The third-order valence-electron chi connectivity index (χ3n) is 5.13. The lowest BCUT2D eigenvalue weighted by Crippen LogP contribution is -2.45. The summed E-state index contributed by atoms with van der Waals surface area (Å²) < 4.78 is 5.87. The van der Waals surface area contributed by atoms with E-state index in [9.17, 15) is 4.79 Å². The SMILES string of the molecule is O=C(NC1CCOC(c2ccccc2)C1)NC1CC1c1ccccc1. The molecule has 4 rings (SSSR count). The van der Waals surface area contributed by atoms with Crippen LogP contribution in [0.5, 0.6) is 0 Å². The van der Waals surface area contributed by atoms with E-state index in [1.54, 1.807) is 0 Å². The molecule has 130 valence electrons. The van der Waals surface area contributed by atoms with Crippen LogP contribution in [0.15, 0.2) is 60.7 Å². The molecule has 2 aromatic carbocycles. The highest BCUT2D eigenvalue weighted by Gasteiger charge is 2.39. The van der Waals surface area contributed by atoms with Crippen LogP contribution in [0.4, 0.5) is 4.79 Å². The summed E-state index contributed by atoms with van der Waals surface area (Å²) in [5.74, 6) is 0.457. The number of ether oxygens (including phenoxy) is 1. The van der Waals surface area contributed by atoms with E-state index in [1.165, 1.54) is 11.1 Å². The Morgan fingerprint density at radius 3 is 2.28 bits per heavy atom. The van der Waals surface area contributed by atoms with E-state index in [2.05, 4.69) is 47.0 Å². The third-order valence-corrected chi connectivity index (χ3v) is 5.13. The fraction of sp³-hybridized carbons (Fsp3) is 0.381. The normalized spacial score (nSPS) is 28.2. The zero-order valence-electron chi connectivity index (χ0n) is 14.2. The van der Waals surface area contributed by atoms with Gasteiger partial charge in [-0.2, -0.15) is 0 Å². The van der Waals surface area contributed by atoms with E-state index >= 15 is 0 Å². The van der Waals surface area contributed by atoms with Gasteiger partial charge in [-0.05, 0) is 30.4 Å². The zero-order valence-corrected chi connectivity index (χ0v) is 14.2. The van der Waals surface area contributed by atoms with Gasteiger partial charge in [0.05, 0.1) is 6.10 Å². The summed E-state index contributed by atoms with van der Waals surface area (Å²) in [5, 5.41) is 6.25. The summed E-state index contributed by atoms with van der Waals surface area (Å²) in [7, 11) is 0. The molecule has 2 N–H and O–H groups in total. The van der Waals surface area contributed by atoms with Gasteiger partial charge in [-0.15, -0.1) is 0 Å². The van der Waals surface area contributed by atoms with Crippen LogP contribution < -0.4 is 10.6 Å². The van der Waals surface area contributed by atoms with E-state index in [0.29, 0.717) is 12.5 Å². The smallest absolute Gasteiger partial charge is 0.315 e. The second kappa shape index (κ2) is 7.28. The van der Waals surface area contributed by atoms with Crippen molar-refractivity contribution in [2.24, 2.45) is 0 Å². The molecule has 4 heteroatoms. The van der Waals surface area contributed by atoms with Crippen LogP contribution in [0, 0.1) is 0 Å². The highest BCUT2D eigenvalue weighted by Crippen LogP contribution is 2.40. The summed E-state index contributed by atoms with van der Waals surface area (Å²) in [5.41, 5.74) is 2.49. The van der Waals surface area contributed by atoms with Crippen molar-refractivity contribution in [3.8, 4) is 0 Å². The predicted octanol–water partition coefficient (Wildman–Crippen LogP) is 3.76. The number of benzene rings is 2. The Balaban J connectivity index is 1.27. The zero-order chi connectivity index (χ0) is 17.1. The van der Waals surface area contributed by atoms with Crippen molar-refractivity contribution in [2.45, 2.75) is 43.4 Å². The highest BCUT2D eigenvalue weighted by atomic mass is 16.5. The van der Waals surface area contributed by atoms with Gasteiger partial charge in [-0.3, -0.25) is 0 Å². The van der Waals surface area contributed by atoms with Crippen LogP contribution in [0.3, 0.4) is 0 Å². The first-order chi connectivity index (χ1) is 12.3.